The lowest BCUT2D eigenvalue weighted by Crippen LogP contribution is -2.52. The van der Waals surface area contributed by atoms with E-state index in [0.29, 0.717) is 26.0 Å². The molecule has 6 nitrogen and oxygen atoms in total. The van der Waals surface area contributed by atoms with Gasteiger partial charge in [0.2, 0.25) is 0 Å². The van der Waals surface area contributed by atoms with E-state index in [1.54, 1.807) is 6.92 Å². The molecular weight excluding hydrogens is 260 g/mol. The molecule has 1 aliphatic rings. The number of hydrogen-bond acceptors (Lipinski definition) is 4. The van der Waals surface area contributed by atoms with Crippen LogP contribution >= 0.6 is 0 Å². The zero-order chi connectivity index (χ0) is 15.3. The zero-order valence-corrected chi connectivity index (χ0v) is 12.7. The van der Waals surface area contributed by atoms with Crippen molar-refractivity contribution in [3.63, 3.8) is 0 Å². The van der Waals surface area contributed by atoms with Gasteiger partial charge in [0, 0.05) is 18.6 Å². The monoisotopic (exact) mass is 284 g/mol. The number of piperidine rings is 1. The van der Waals surface area contributed by atoms with Crippen LogP contribution in [-0.2, 0) is 19.1 Å². The van der Waals surface area contributed by atoms with Crippen LogP contribution < -0.4 is 5.32 Å². The summed E-state index contributed by atoms with van der Waals surface area (Å²) in [6.45, 7) is 8.29. The molecule has 1 heterocycles. The first kappa shape index (κ1) is 16.5. The smallest absolute Gasteiger partial charge is 0.311 e. The summed E-state index contributed by atoms with van der Waals surface area (Å²) in [7, 11) is 0. The number of carbonyl (C=O) groups excluding carboxylic acids is 3. The number of esters is 1. The van der Waals surface area contributed by atoms with Crippen molar-refractivity contribution in [2.75, 3.05) is 19.7 Å². The molecule has 0 aromatic carbocycles. The van der Waals surface area contributed by atoms with Gasteiger partial charge in [-0.25, -0.2) is 0 Å². The van der Waals surface area contributed by atoms with Gasteiger partial charge in [-0.15, -0.1) is 0 Å². The molecule has 0 aromatic heterocycles. The fraction of sp³-hybridized carbons (Fsp3) is 0.786. The molecular formula is C14H24N2O4. The number of carbonyl (C=O) groups is 3. The summed E-state index contributed by atoms with van der Waals surface area (Å²) in [4.78, 5) is 37.0. The van der Waals surface area contributed by atoms with Crippen molar-refractivity contribution in [3.05, 3.63) is 0 Å². The first-order valence-electron chi connectivity index (χ1n) is 7.02. The molecule has 1 atom stereocenters. The van der Waals surface area contributed by atoms with E-state index in [4.69, 9.17) is 4.74 Å². The summed E-state index contributed by atoms with van der Waals surface area (Å²) in [6.07, 6.45) is 1.40. The lowest BCUT2D eigenvalue weighted by atomic mass is 9.98. The number of amides is 2. The number of hydrogen-bond donors (Lipinski definition) is 1. The van der Waals surface area contributed by atoms with Gasteiger partial charge in [0.25, 0.3) is 0 Å². The third kappa shape index (κ3) is 4.83. The van der Waals surface area contributed by atoms with Crippen LogP contribution in [0.5, 0.6) is 0 Å². The highest BCUT2D eigenvalue weighted by Crippen LogP contribution is 2.18. The number of ether oxygens (including phenoxy) is 1. The highest BCUT2D eigenvalue weighted by atomic mass is 16.5. The van der Waals surface area contributed by atoms with Crippen LogP contribution in [0.4, 0.5) is 0 Å². The zero-order valence-electron chi connectivity index (χ0n) is 12.7. The molecule has 2 amide bonds. The SMILES string of the molecule is CCOC(=O)C1CCCN(C(=O)C(=O)NC(C)(C)C)C1. The third-order valence-electron chi connectivity index (χ3n) is 3.01. The van der Waals surface area contributed by atoms with Crippen molar-refractivity contribution in [3.8, 4) is 0 Å². The van der Waals surface area contributed by atoms with Crippen molar-refractivity contribution in [2.45, 2.75) is 46.1 Å². The summed E-state index contributed by atoms with van der Waals surface area (Å²) in [5, 5.41) is 2.64. The quantitative estimate of drug-likeness (QED) is 0.598. The molecule has 0 saturated carbocycles. The van der Waals surface area contributed by atoms with Gasteiger partial charge in [-0.05, 0) is 40.5 Å². The lowest BCUT2D eigenvalue weighted by molar-refractivity contribution is -0.154. The molecule has 20 heavy (non-hydrogen) atoms. The van der Waals surface area contributed by atoms with Gasteiger partial charge >= 0.3 is 17.8 Å². The van der Waals surface area contributed by atoms with Crippen molar-refractivity contribution in [1.82, 2.24) is 10.2 Å². The second-order valence-corrected chi connectivity index (χ2v) is 6.05. The molecule has 1 fully saturated rings. The van der Waals surface area contributed by atoms with Crippen molar-refractivity contribution >= 4 is 17.8 Å². The maximum absolute atomic E-state index is 12.1. The Morgan fingerprint density at radius 3 is 2.50 bits per heavy atom. The molecule has 0 radical (unpaired) electrons. The minimum Gasteiger partial charge on any atom is -0.466 e. The summed E-state index contributed by atoms with van der Waals surface area (Å²) in [5.74, 6) is -1.81. The van der Waals surface area contributed by atoms with Crippen LogP contribution in [0.25, 0.3) is 0 Å². The fourth-order valence-electron chi connectivity index (χ4n) is 2.15. The first-order chi connectivity index (χ1) is 9.24. The molecule has 1 N–H and O–H groups in total. The number of rotatable bonds is 2. The van der Waals surface area contributed by atoms with Crippen LogP contribution in [0.2, 0.25) is 0 Å². The van der Waals surface area contributed by atoms with E-state index < -0.39 is 17.4 Å². The maximum Gasteiger partial charge on any atom is 0.311 e. The fourth-order valence-corrected chi connectivity index (χ4v) is 2.15. The topological polar surface area (TPSA) is 75.7 Å². The van der Waals surface area contributed by atoms with E-state index in [9.17, 15) is 14.4 Å². The number of likely N-dealkylation sites (tertiary alicyclic amines) is 1. The molecule has 0 spiro atoms. The lowest BCUT2D eigenvalue weighted by Gasteiger charge is -2.32. The van der Waals surface area contributed by atoms with Crippen LogP contribution in [0.15, 0.2) is 0 Å². The maximum atomic E-state index is 12.1. The Hall–Kier alpha value is -1.59. The van der Waals surface area contributed by atoms with Gasteiger partial charge in [0.05, 0.1) is 12.5 Å². The summed E-state index contributed by atoms with van der Waals surface area (Å²) in [6, 6.07) is 0. The third-order valence-corrected chi connectivity index (χ3v) is 3.01. The molecule has 114 valence electrons. The van der Waals surface area contributed by atoms with Crippen LogP contribution in [0.1, 0.15) is 40.5 Å². The molecule has 6 heteroatoms. The number of nitrogens with one attached hydrogen (secondary N) is 1. The Kier molecular flexibility index (Phi) is 5.53. The second-order valence-electron chi connectivity index (χ2n) is 6.05. The molecule has 0 aliphatic carbocycles. The van der Waals surface area contributed by atoms with Crippen molar-refractivity contribution < 1.29 is 19.1 Å². The van der Waals surface area contributed by atoms with Crippen LogP contribution in [0, 0.1) is 5.92 Å². The standard InChI is InChI=1S/C14H24N2O4/c1-5-20-13(19)10-7-6-8-16(9-10)12(18)11(17)15-14(2,3)4/h10H,5-9H2,1-4H3,(H,15,17). The van der Waals surface area contributed by atoms with E-state index in [2.05, 4.69) is 5.32 Å². The van der Waals surface area contributed by atoms with Crippen molar-refractivity contribution in [1.29, 1.82) is 0 Å². The first-order valence-corrected chi connectivity index (χ1v) is 7.02. The molecule has 1 rings (SSSR count). The minimum absolute atomic E-state index is 0.259. The highest BCUT2D eigenvalue weighted by molar-refractivity contribution is 6.35. The summed E-state index contributed by atoms with van der Waals surface area (Å²) < 4.78 is 4.97. The normalized spacial score (nSPS) is 19.4. The van der Waals surface area contributed by atoms with Crippen LogP contribution in [0.3, 0.4) is 0 Å². The Morgan fingerprint density at radius 1 is 1.30 bits per heavy atom. The molecule has 1 unspecified atom stereocenters. The Labute approximate surface area is 119 Å². The van der Waals surface area contributed by atoms with E-state index in [1.807, 2.05) is 20.8 Å². The van der Waals surface area contributed by atoms with Gasteiger partial charge in [-0.1, -0.05) is 0 Å². The average Bonchev–Trinajstić information content (AvgIpc) is 2.36. The summed E-state index contributed by atoms with van der Waals surface area (Å²) in [5.41, 5.74) is -0.455. The summed E-state index contributed by atoms with van der Waals surface area (Å²) >= 11 is 0. The van der Waals surface area contributed by atoms with E-state index in [-0.39, 0.29) is 18.4 Å². The number of nitrogens with zero attached hydrogens (tertiary/aromatic N) is 1. The molecule has 1 aliphatic heterocycles. The molecule has 1 saturated heterocycles. The predicted molar refractivity (Wildman–Crippen MR) is 73.8 cm³/mol. The van der Waals surface area contributed by atoms with E-state index in [1.165, 1.54) is 4.90 Å². The van der Waals surface area contributed by atoms with Gasteiger partial charge < -0.3 is 15.0 Å². The van der Waals surface area contributed by atoms with Crippen LogP contribution in [-0.4, -0.2) is 47.9 Å². The van der Waals surface area contributed by atoms with Gasteiger partial charge in [-0.2, -0.15) is 0 Å². The highest BCUT2D eigenvalue weighted by Gasteiger charge is 2.32. The Morgan fingerprint density at radius 2 is 1.95 bits per heavy atom. The largest absolute Gasteiger partial charge is 0.466 e. The Balaban J connectivity index is 2.60. The predicted octanol–water partition coefficient (Wildman–Crippen LogP) is 0.703. The minimum atomic E-state index is -0.623. The van der Waals surface area contributed by atoms with Gasteiger partial charge in [-0.3, -0.25) is 14.4 Å². The molecule has 0 bridgehead atoms. The Bertz CT molecular complexity index is 387. The second kappa shape index (κ2) is 6.72. The van der Waals surface area contributed by atoms with Crippen molar-refractivity contribution in [2.24, 2.45) is 5.92 Å². The molecule has 0 aromatic rings. The van der Waals surface area contributed by atoms with Gasteiger partial charge in [0.1, 0.15) is 0 Å². The van der Waals surface area contributed by atoms with Gasteiger partial charge in [0.15, 0.2) is 0 Å². The average molecular weight is 284 g/mol. The van der Waals surface area contributed by atoms with E-state index in [0.717, 1.165) is 0 Å². The van der Waals surface area contributed by atoms with E-state index >= 15 is 0 Å².